The molecular formula is C47H44N4O5. The lowest BCUT2D eigenvalue weighted by Crippen LogP contribution is -1.96. The number of ether oxygens (including phenoxy) is 3. The Labute approximate surface area is 325 Å². The number of fused-ring (bicyclic) bond motifs is 8. The molecule has 0 saturated heterocycles. The number of aromatic amines is 2. The number of H-pyrrole nitrogens is 2. The molecule has 9 nitrogen and oxygen atoms in total. The summed E-state index contributed by atoms with van der Waals surface area (Å²) >= 11 is 0. The van der Waals surface area contributed by atoms with E-state index in [-0.39, 0.29) is 11.5 Å². The number of hydrogen-bond donors (Lipinski definition) is 4. The predicted molar refractivity (Wildman–Crippen MR) is 226 cm³/mol. The fourth-order valence-corrected chi connectivity index (χ4v) is 7.65. The molecule has 0 fully saturated rings. The van der Waals surface area contributed by atoms with Crippen molar-refractivity contribution in [2.24, 2.45) is 0 Å². The van der Waals surface area contributed by atoms with E-state index in [2.05, 4.69) is 53.3 Å². The Morgan fingerprint density at radius 1 is 0.500 bits per heavy atom. The molecule has 0 amide bonds. The van der Waals surface area contributed by atoms with Crippen molar-refractivity contribution in [1.82, 2.24) is 19.9 Å². The highest BCUT2D eigenvalue weighted by Crippen LogP contribution is 2.44. The summed E-state index contributed by atoms with van der Waals surface area (Å²) < 4.78 is 17.3. The molecule has 0 atom stereocenters. The van der Waals surface area contributed by atoms with Crippen molar-refractivity contribution in [1.29, 1.82) is 0 Å². The first-order valence-corrected chi connectivity index (χ1v) is 18.9. The van der Waals surface area contributed by atoms with Gasteiger partial charge < -0.3 is 34.4 Å². The lowest BCUT2D eigenvalue weighted by Gasteiger charge is -2.14. The number of methoxy groups -OCH3 is 3. The standard InChI is InChI=1S/C47H44N4O5/c1-5-6-7-8-9-33-34-18-20-36(48-34)44(28-10-14-31(52)15-11-28)38-22-24-40(50-38)46(30-26-42(54-2)47(56-4)43(27-30)55-3)41-25-23-39(51-41)45(37-21-19-35(33)49-37)29-12-16-32(53)17-13-29/h10-27,48,51-53H,5-9H2,1-4H3. The van der Waals surface area contributed by atoms with E-state index < -0.39 is 0 Å². The van der Waals surface area contributed by atoms with Crippen LogP contribution >= 0.6 is 0 Å². The molecule has 8 rings (SSSR count). The second-order valence-corrected chi connectivity index (χ2v) is 13.9. The van der Waals surface area contributed by atoms with Gasteiger partial charge in [0, 0.05) is 44.3 Å². The number of hydrogen-bond acceptors (Lipinski definition) is 7. The van der Waals surface area contributed by atoms with Gasteiger partial charge in [0.2, 0.25) is 5.75 Å². The van der Waals surface area contributed by atoms with Crippen molar-refractivity contribution in [2.45, 2.75) is 39.0 Å². The number of aromatic nitrogens is 4. The number of phenols is 2. The molecule has 4 N–H and O–H groups in total. The summed E-state index contributed by atoms with van der Waals surface area (Å²) in [6.45, 7) is 2.23. The fourth-order valence-electron chi connectivity index (χ4n) is 7.65. The van der Waals surface area contributed by atoms with E-state index in [1.54, 1.807) is 45.6 Å². The molecule has 56 heavy (non-hydrogen) atoms. The number of nitrogens with one attached hydrogen (secondary N) is 2. The zero-order chi connectivity index (χ0) is 38.8. The minimum atomic E-state index is 0.190. The molecule has 6 aromatic rings. The molecule has 0 unspecified atom stereocenters. The highest BCUT2D eigenvalue weighted by Gasteiger charge is 2.21. The van der Waals surface area contributed by atoms with Crippen molar-refractivity contribution < 1.29 is 24.4 Å². The van der Waals surface area contributed by atoms with Gasteiger partial charge >= 0.3 is 0 Å². The molecule has 2 aliphatic heterocycles. The summed E-state index contributed by atoms with van der Waals surface area (Å²) in [6.07, 6.45) is 13.6. The molecule has 0 radical (unpaired) electrons. The second kappa shape index (κ2) is 15.5. The fraction of sp³-hybridized carbons (Fsp3) is 0.191. The molecule has 282 valence electrons. The first-order valence-electron chi connectivity index (χ1n) is 18.9. The molecule has 0 spiro atoms. The molecule has 8 bridgehead atoms. The predicted octanol–water partition coefficient (Wildman–Crippen LogP) is 11.2. The zero-order valence-corrected chi connectivity index (χ0v) is 31.9. The van der Waals surface area contributed by atoms with Crippen LogP contribution in [-0.2, 0) is 6.42 Å². The number of benzene rings is 3. The van der Waals surface area contributed by atoms with E-state index in [0.29, 0.717) is 17.2 Å². The molecule has 5 heterocycles. The Kier molecular flexibility index (Phi) is 10.1. The Morgan fingerprint density at radius 2 is 0.946 bits per heavy atom. The van der Waals surface area contributed by atoms with Gasteiger partial charge in [-0.25, -0.2) is 9.97 Å². The minimum Gasteiger partial charge on any atom is -0.508 e. The van der Waals surface area contributed by atoms with Crippen molar-refractivity contribution in [2.75, 3.05) is 21.3 Å². The van der Waals surface area contributed by atoms with E-state index in [4.69, 9.17) is 24.2 Å². The van der Waals surface area contributed by atoms with E-state index in [1.165, 1.54) is 6.42 Å². The zero-order valence-electron chi connectivity index (χ0n) is 31.9. The van der Waals surface area contributed by atoms with Gasteiger partial charge in [-0.2, -0.15) is 0 Å². The van der Waals surface area contributed by atoms with Gasteiger partial charge in [-0.05, 0) is 114 Å². The molecule has 3 aromatic carbocycles. The number of rotatable bonds is 11. The van der Waals surface area contributed by atoms with Crippen LogP contribution in [0.15, 0.2) is 84.9 Å². The Hall–Kier alpha value is -6.74. The van der Waals surface area contributed by atoms with Gasteiger partial charge in [0.1, 0.15) is 11.5 Å². The van der Waals surface area contributed by atoms with Crippen LogP contribution in [-0.4, -0.2) is 51.5 Å². The number of aromatic hydroxyl groups is 2. The van der Waals surface area contributed by atoms with Gasteiger partial charge in [0.05, 0.1) is 44.1 Å². The largest absolute Gasteiger partial charge is 0.508 e. The average molecular weight is 745 g/mol. The lowest BCUT2D eigenvalue weighted by atomic mass is 10.0. The third-order valence-electron chi connectivity index (χ3n) is 10.4. The normalized spacial score (nSPS) is 11.9. The number of nitrogens with zero attached hydrogens (tertiary/aromatic N) is 2. The summed E-state index contributed by atoms with van der Waals surface area (Å²) in [5.74, 6) is 1.90. The molecule has 0 aliphatic carbocycles. The van der Waals surface area contributed by atoms with Crippen LogP contribution in [0.25, 0.3) is 79.8 Å². The third-order valence-corrected chi connectivity index (χ3v) is 10.4. The smallest absolute Gasteiger partial charge is 0.203 e. The summed E-state index contributed by atoms with van der Waals surface area (Å²) in [5, 5.41) is 20.5. The Balaban J connectivity index is 1.52. The maximum Gasteiger partial charge on any atom is 0.203 e. The average Bonchev–Trinajstić information content (AvgIpc) is 4.06. The van der Waals surface area contributed by atoms with Crippen molar-refractivity contribution in [3.63, 3.8) is 0 Å². The quantitative estimate of drug-likeness (QED) is 0.0971. The first kappa shape index (κ1) is 36.2. The molecule has 3 aromatic heterocycles. The van der Waals surface area contributed by atoms with Crippen molar-refractivity contribution in [3.05, 3.63) is 113 Å². The van der Waals surface area contributed by atoms with Gasteiger partial charge in [-0.1, -0.05) is 50.5 Å². The third kappa shape index (κ3) is 6.88. The van der Waals surface area contributed by atoms with Gasteiger partial charge in [-0.15, -0.1) is 0 Å². The molecule has 2 aliphatic rings. The highest BCUT2D eigenvalue weighted by atomic mass is 16.5. The molecule has 9 heteroatoms. The second-order valence-electron chi connectivity index (χ2n) is 13.9. The van der Waals surface area contributed by atoms with Crippen LogP contribution < -0.4 is 14.2 Å². The number of unbranched alkanes of at least 4 members (excludes halogenated alkanes) is 3. The SMILES string of the molecule is CCCCCCc1c2nc(c(-c3ccc(O)cc3)c3ccc([nH]3)c(-c3cc(OC)c(OC)c(OC)c3)c3nc(c(-c4ccc(O)cc4)c4ccc1[nH]4)C=C3)C=C2. The summed E-state index contributed by atoms with van der Waals surface area (Å²) in [7, 11) is 4.80. The van der Waals surface area contributed by atoms with Gasteiger partial charge in [-0.3, -0.25) is 0 Å². The maximum absolute atomic E-state index is 10.3. The maximum atomic E-state index is 10.3. The van der Waals surface area contributed by atoms with E-state index >= 15 is 0 Å². The van der Waals surface area contributed by atoms with Crippen LogP contribution in [0.1, 0.15) is 60.9 Å². The summed E-state index contributed by atoms with van der Waals surface area (Å²) in [5.41, 5.74) is 13.1. The van der Waals surface area contributed by atoms with Crippen LogP contribution in [0.4, 0.5) is 0 Å². The van der Waals surface area contributed by atoms with Gasteiger partial charge in [0.15, 0.2) is 11.5 Å². The monoisotopic (exact) mass is 744 g/mol. The van der Waals surface area contributed by atoms with E-state index in [1.807, 2.05) is 48.6 Å². The number of phenolic OH excluding ortho intramolecular Hbond substituents is 2. The van der Waals surface area contributed by atoms with Crippen LogP contribution in [0.2, 0.25) is 0 Å². The van der Waals surface area contributed by atoms with E-state index in [9.17, 15) is 10.2 Å². The molecule has 0 saturated carbocycles. The summed E-state index contributed by atoms with van der Waals surface area (Å²) in [6, 6.07) is 26.7. The Morgan fingerprint density at radius 3 is 1.43 bits per heavy atom. The highest BCUT2D eigenvalue weighted by molar-refractivity contribution is 5.98. The van der Waals surface area contributed by atoms with Crippen LogP contribution in [0.3, 0.4) is 0 Å². The van der Waals surface area contributed by atoms with Crippen molar-refractivity contribution in [3.8, 4) is 62.1 Å². The number of aryl methyl sites for hydroxylation is 1. The summed E-state index contributed by atoms with van der Waals surface area (Å²) in [4.78, 5) is 18.2. The topological polar surface area (TPSA) is 126 Å². The first-order chi connectivity index (χ1) is 27.4. The minimum absolute atomic E-state index is 0.190. The van der Waals surface area contributed by atoms with Crippen LogP contribution in [0, 0.1) is 0 Å². The van der Waals surface area contributed by atoms with Gasteiger partial charge in [0.25, 0.3) is 0 Å². The van der Waals surface area contributed by atoms with Crippen LogP contribution in [0.5, 0.6) is 28.7 Å². The molecular weight excluding hydrogens is 701 g/mol. The van der Waals surface area contributed by atoms with E-state index in [0.717, 1.165) is 109 Å². The lowest BCUT2D eigenvalue weighted by molar-refractivity contribution is 0.324. The Bertz CT molecular complexity index is 2580. The van der Waals surface area contributed by atoms with Crippen molar-refractivity contribution >= 4 is 46.4 Å².